The summed E-state index contributed by atoms with van der Waals surface area (Å²) in [6.07, 6.45) is 3.34. The summed E-state index contributed by atoms with van der Waals surface area (Å²) in [5.74, 6) is 1.56. The highest BCUT2D eigenvalue weighted by atomic mass is 15.3. The van der Waals surface area contributed by atoms with Crippen molar-refractivity contribution in [3.05, 3.63) is 17.0 Å². The maximum absolute atomic E-state index is 4.52. The average Bonchev–Trinajstić information content (AvgIpc) is 2.83. The number of aliphatic imine (C=N–C) groups is 1. The van der Waals surface area contributed by atoms with E-state index in [0.717, 1.165) is 24.6 Å². The van der Waals surface area contributed by atoms with Gasteiger partial charge in [-0.25, -0.2) is 0 Å². The molecule has 1 aromatic heterocycles. The van der Waals surface area contributed by atoms with Gasteiger partial charge in [-0.1, -0.05) is 26.7 Å². The highest BCUT2D eigenvalue weighted by molar-refractivity contribution is 5.80. The monoisotopic (exact) mass is 364 g/mol. The summed E-state index contributed by atoms with van der Waals surface area (Å²) < 4.78 is 1.96. The van der Waals surface area contributed by atoms with Crippen LogP contribution in [0.25, 0.3) is 0 Å². The third-order valence-corrected chi connectivity index (χ3v) is 5.51. The van der Waals surface area contributed by atoms with E-state index in [1.165, 1.54) is 24.1 Å². The Morgan fingerprint density at radius 1 is 1.23 bits per heavy atom. The van der Waals surface area contributed by atoms with Crippen molar-refractivity contribution in [2.45, 2.75) is 66.0 Å². The van der Waals surface area contributed by atoms with Crippen molar-refractivity contribution in [1.82, 2.24) is 25.3 Å². The summed E-state index contributed by atoms with van der Waals surface area (Å²) in [6, 6.07) is 0.787. The largest absolute Gasteiger partial charge is 0.355 e. The lowest BCUT2D eigenvalue weighted by atomic mass is 9.93. The van der Waals surface area contributed by atoms with E-state index in [1.54, 1.807) is 0 Å². The molecule has 2 atom stereocenters. The summed E-state index contributed by atoms with van der Waals surface area (Å²) in [5.41, 5.74) is 3.68. The highest BCUT2D eigenvalue weighted by Crippen LogP contribution is 2.16. The molecule has 26 heavy (non-hydrogen) atoms. The molecule has 1 heterocycles. The molecule has 1 aromatic rings. The lowest BCUT2D eigenvalue weighted by molar-refractivity contribution is 0.200. The zero-order valence-electron chi connectivity index (χ0n) is 18.3. The zero-order valence-corrected chi connectivity index (χ0v) is 18.3. The molecule has 0 aliphatic heterocycles. The van der Waals surface area contributed by atoms with Crippen LogP contribution in [0, 0.1) is 19.8 Å². The molecule has 0 radical (unpaired) electrons. The van der Waals surface area contributed by atoms with E-state index in [4.69, 9.17) is 0 Å². The summed E-state index contributed by atoms with van der Waals surface area (Å²) in [6.45, 7) is 11.9. The number of nitrogens with one attached hydrogen (secondary N) is 2. The van der Waals surface area contributed by atoms with Gasteiger partial charge in [0.15, 0.2) is 5.96 Å². The number of likely N-dealkylation sites (N-methyl/N-ethyl adjacent to an activating group) is 1. The minimum absolute atomic E-state index is 0.286. The molecule has 2 N–H and O–H groups in total. The van der Waals surface area contributed by atoms with Gasteiger partial charge >= 0.3 is 0 Å². The number of aromatic nitrogens is 2. The second-order valence-electron chi connectivity index (χ2n) is 7.58. The van der Waals surface area contributed by atoms with Crippen molar-refractivity contribution in [3.8, 4) is 0 Å². The Morgan fingerprint density at radius 3 is 2.27 bits per heavy atom. The summed E-state index contributed by atoms with van der Waals surface area (Å²) in [4.78, 5) is 6.74. The van der Waals surface area contributed by atoms with Crippen molar-refractivity contribution >= 4 is 5.96 Å². The smallest absolute Gasteiger partial charge is 0.191 e. The Morgan fingerprint density at radius 2 is 1.85 bits per heavy atom. The van der Waals surface area contributed by atoms with Crippen molar-refractivity contribution in [1.29, 1.82) is 0 Å². The van der Waals surface area contributed by atoms with Crippen LogP contribution in [0.3, 0.4) is 0 Å². The SMILES string of the molecule is CCC(CC)C(CNC(=NC)NC(C)Cc1c(C)nn(C)c1C)N(C)C. The molecule has 6 nitrogen and oxygen atoms in total. The Kier molecular flexibility index (Phi) is 9.13. The van der Waals surface area contributed by atoms with Crippen LogP contribution in [-0.2, 0) is 13.5 Å². The van der Waals surface area contributed by atoms with Gasteiger partial charge in [0, 0.05) is 38.4 Å². The molecule has 0 saturated carbocycles. The predicted molar refractivity (Wildman–Crippen MR) is 112 cm³/mol. The van der Waals surface area contributed by atoms with E-state index >= 15 is 0 Å². The van der Waals surface area contributed by atoms with Crippen molar-refractivity contribution < 1.29 is 0 Å². The molecule has 0 aliphatic carbocycles. The highest BCUT2D eigenvalue weighted by Gasteiger charge is 2.21. The summed E-state index contributed by atoms with van der Waals surface area (Å²) in [7, 11) is 8.17. The molecule has 6 heteroatoms. The molecule has 0 saturated heterocycles. The zero-order chi connectivity index (χ0) is 19.9. The van der Waals surface area contributed by atoms with Gasteiger partial charge in [-0.15, -0.1) is 0 Å². The number of hydrogen-bond acceptors (Lipinski definition) is 3. The number of hydrogen-bond donors (Lipinski definition) is 2. The van der Waals surface area contributed by atoms with Crippen molar-refractivity contribution in [2.24, 2.45) is 18.0 Å². The molecule has 0 aromatic carbocycles. The van der Waals surface area contributed by atoms with Crippen LogP contribution in [0.15, 0.2) is 4.99 Å². The number of nitrogens with zero attached hydrogens (tertiary/aromatic N) is 4. The first-order valence-electron chi connectivity index (χ1n) is 9.87. The number of aryl methyl sites for hydroxylation is 2. The lowest BCUT2D eigenvalue weighted by Crippen LogP contribution is -2.49. The number of rotatable bonds is 9. The average molecular weight is 365 g/mol. The van der Waals surface area contributed by atoms with E-state index in [1.807, 2.05) is 18.8 Å². The van der Waals surface area contributed by atoms with Gasteiger partial charge in [0.25, 0.3) is 0 Å². The van der Waals surface area contributed by atoms with Gasteiger partial charge in [-0.3, -0.25) is 9.67 Å². The van der Waals surface area contributed by atoms with E-state index < -0.39 is 0 Å². The van der Waals surface area contributed by atoms with Crippen LogP contribution < -0.4 is 10.6 Å². The van der Waals surface area contributed by atoms with Gasteiger partial charge in [0.1, 0.15) is 0 Å². The van der Waals surface area contributed by atoms with Gasteiger partial charge in [0.05, 0.1) is 5.69 Å². The Labute approximate surface area is 160 Å². The Bertz CT molecular complexity index is 571. The summed E-state index contributed by atoms with van der Waals surface area (Å²) in [5, 5.41) is 11.6. The van der Waals surface area contributed by atoms with Gasteiger partial charge in [-0.2, -0.15) is 5.10 Å². The van der Waals surface area contributed by atoms with Gasteiger partial charge in [0.2, 0.25) is 0 Å². The van der Waals surface area contributed by atoms with Crippen LogP contribution in [0.1, 0.15) is 50.6 Å². The van der Waals surface area contributed by atoms with Gasteiger partial charge < -0.3 is 15.5 Å². The van der Waals surface area contributed by atoms with E-state index in [9.17, 15) is 0 Å². The first kappa shape index (κ1) is 22.5. The molecule has 0 fully saturated rings. The molecule has 1 rings (SSSR count). The lowest BCUT2D eigenvalue weighted by Gasteiger charge is -2.32. The van der Waals surface area contributed by atoms with Crippen LogP contribution in [-0.4, -0.2) is 60.4 Å². The third-order valence-electron chi connectivity index (χ3n) is 5.51. The van der Waals surface area contributed by atoms with Crippen LogP contribution in [0.2, 0.25) is 0 Å². The van der Waals surface area contributed by atoms with Crippen LogP contribution in [0.5, 0.6) is 0 Å². The third kappa shape index (κ3) is 6.01. The predicted octanol–water partition coefficient (Wildman–Crippen LogP) is 2.50. The van der Waals surface area contributed by atoms with Crippen molar-refractivity contribution in [3.63, 3.8) is 0 Å². The van der Waals surface area contributed by atoms with E-state index in [-0.39, 0.29) is 6.04 Å². The van der Waals surface area contributed by atoms with Gasteiger partial charge in [-0.05, 0) is 52.8 Å². The van der Waals surface area contributed by atoms with E-state index in [0.29, 0.717) is 12.0 Å². The fraction of sp³-hybridized carbons (Fsp3) is 0.800. The second kappa shape index (κ2) is 10.6. The molecule has 0 spiro atoms. The Hall–Kier alpha value is -1.56. The molecule has 0 bridgehead atoms. The maximum Gasteiger partial charge on any atom is 0.191 e. The molecule has 150 valence electrons. The summed E-state index contributed by atoms with van der Waals surface area (Å²) >= 11 is 0. The van der Waals surface area contributed by atoms with Crippen LogP contribution in [0.4, 0.5) is 0 Å². The molecule has 0 amide bonds. The van der Waals surface area contributed by atoms with Crippen molar-refractivity contribution in [2.75, 3.05) is 27.7 Å². The van der Waals surface area contributed by atoms with Crippen LogP contribution >= 0.6 is 0 Å². The topological polar surface area (TPSA) is 57.5 Å². The Balaban J connectivity index is 2.66. The first-order valence-corrected chi connectivity index (χ1v) is 9.87. The molecule has 2 unspecified atom stereocenters. The standard InChI is InChI=1S/C20H40N6/c1-10-17(11-2)19(25(7)8)13-22-20(21-6)23-14(3)12-18-15(4)24-26(9)16(18)5/h14,17,19H,10-13H2,1-9H3,(H2,21,22,23). The fourth-order valence-corrected chi connectivity index (χ4v) is 3.70. The fourth-order valence-electron chi connectivity index (χ4n) is 3.70. The minimum Gasteiger partial charge on any atom is -0.355 e. The minimum atomic E-state index is 0.286. The molecule has 0 aliphatic rings. The molecular weight excluding hydrogens is 324 g/mol. The van der Waals surface area contributed by atoms with E-state index in [2.05, 4.69) is 74.3 Å². The second-order valence-corrected chi connectivity index (χ2v) is 7.58. The first-order chi connectivity index (χ1) is 12.2. The number of guanidine groups is 1. The maximum atomic E-state index is 4.52. The quantitative estimate of drug-likeness (QED) is 0.522. The normalized spacial score (nSPS) is 14.8. The molecular formula is C20H40N6.